The first kappa shape index (κ1) is 29.1. The summed E-state index contributed by atoms with van der Waals surface area (Å²) in [4.78, 5) is 52.1. The Hall–Kier alpha value is -6.93. The van der Waals surface area contributed by atoms with E-state index in [4.69, 9.17) is 10.1 Å². The largest absolute Gasteiger partial charge is 0.461 e. The molecule has 1 unspecified atom stereocenters. The van der Waals surface area contributed by atoms with Crippen LogP contribution in [0.3, 0.4) is 0 Å². The number of ether oxygens (including phenoxy) is 1. The Balaban J connectivity index is 1.78. The molecule has 1 saturated heterocycles. The van der Waals surface area contributed by atoms with Crippen molar-refractivity contribution < 1.29 is 29.4 Å². The van der Waals surface area contributed by atoms with Crippen molar-refractivity contribution in [3.05, 3.63) is 117 Å². The van der Waals surface area contributed by atoms with E-state index in [9.17, 15) is 50.6 Å². The maximum atomic E-state index is 11.5. The van der Waals surface area contributed by atoms with E-state index in [2.05, 4.69) is 21.1 Å². The van der Waals surface area contributed by atoms with Gasteiger partial charge in [-0.1, -0.05) is 0 Å². The highest BCUT2D eigenvalue weighted by Crippen LogP contribution is 2.33. The van der Waals surface area contributed by atoms with Crippen LogP contribution in [0.5, 0.6) is 0 Å². The Labute approximate surface area is 236 Å². The minimum absolute atomic E-state index is 0.223. The summed E-state index contributed by atoms with van der Waals surface area (Å²) in [5.74, 6) is -0.640. The van der Waals surface area contributed by atoms with Crippen LogP contribution in [0.15, 0.2) is 70.9 Å². The summed E-state index contributed by atoms with van der Waals surface area (Å²) in [5.41, 5.74) is 0.833. The second-order valence-corrected chi connectivity index (χ2v) is 8.29. The normalized spacial score (nSPS) is 16.0. The van der Waals surface area contributed by atoms with Gasteiger partial charge in [0.15, 0.2) is 11.8 Å². The maximum Gasteiger partial charge on any atom is 0.301 e. The van der Waals surface area contributed by atoms with E-state index in [1.165, 1.54) is 12.1 Å². The molecule has 3 aromatic carbocycles. The lowest BCUT2D eigenvalue weighted by Crippen LogP contribution is -2.20. The summed E-state index contributed by atoms with van der Waals surface area (Å²) < 4.78 is 5.53. The van der Waals surface area contributed by atoms with Gasteiger partial charge in [-0.05, 0) is 29.8 Å². The smallest absolute Gasteiger partial charge is 0.301 e. The van der Waals surface area contributed by atoms with Crippen LogP contribution in [-0.4, -0.2) is 41.9 Å². The first-order chi connectivity index (χ1) is 20.4. The third-order valence-corrected chi connectivity index (χ3v) is 5.71. The van der Waals surface area contributed by atoms with Gasteiger partial charge in [-0.25, -0.2) is 0 Å². The fourth-order valence-electron chi connectivity index (χ4n) is 3.68. The zero-order valence-corrected chi connectivity index (χ0v) is 21.0. The second-order valence-electron chi connectivity index (χ2n) is 8.29. The first-order valence-electron chi connectivity index (χ1n) is 11.4. The fourth-order valence-corrected chi connectivity index (χ4v) is 3.68. The molecule has 1 aliphatic heterocycles. The summed E-state index contributed by atoms with van der Waals surface area (Å²) in [6.07, 6.45) is -1.27. The molecule has 0 aliphatic carbocycles. The molecular formula is C22H14N10O11. The van der Waals surface area contributed by atoms with Crippen molar-refractivity contribution in [3.8, 4) is 0 Å². The van der Waals surface area contributed by atoms with Gasteiger partial charge in [-0.3, -0.25) is 66.8 Å². The van der Waals surface area contributed by atoms with Crippen molar-refractivity contribution >= 4 is 57.1 Å². The highest BCUT2D eigenvalue weighted by Gasteiger charge is 2.38. The molecule has 3 aromatic rings. The van der Waals surface area contributed by atoms with Crippen LogP contribution in [0.2, 0.25) is 0 Å². The highest BCUT2D eigenvalue weighted by molar-refractivity contribution is 6.69. The van der Waals surface area contributed by atoms with Gasteiger partial charge in [0, 0.05) is 24.3 Å². The number of nitrogens with one attached hydrogen (secondary N) is 3. The summed E-state index contributed by atoms with van der Waals surface area (Å²) in [7, 11) is 0. The van der Waals surface area contributed by atoms with Gasteiger partial charge in [0.05, 0.1) is 36.7 Å². The molecule has 0 bridgehead atoms. The first-order valence-corrected chi connectivity index (χ1v) is 11.4. The van der Waals surface area contributed by atoms with E-state index in [0.717, 1.165) is 36.4 Å². The van der Waals surface area contributed by atoms with Crippen LogP contribution >= 0.6 is 0 Å². The zero-order valence-electron chi connectivity index (χ0n) is 21.0. The molecule has 3 N–H and O–H groups in total. The molecule has 0 spiro atoms. The Morgan fingerprint density at radius 1 is 0.628 bits per heavy atom. The van der Waals surface area contributed by atoms with Crippen molar-refractivity contribution in [1.82, 2.24) is 0 Å². The molecule has 0 radical (unpaired) electrons. The molecule has 1 heterocycles. The van der Waals surface area contributed by atoms with Gasteiger partial charge in [-0.2, -0.15) is 10.2 Å². The number of nitro benzene ring substituents is 5. The van der Waals surface area contributed by atoms with Crippen LogP contribution in [0, 0.1) is 56.0 Å². The topological polar surface area (TPSA) is 298 Å². The van der Waals surface area contributed by atoms with Crippen LogP contribution < -0.4 is 10.9 Å². The molecule has 43 heavy (non-hydrogen) atoms. The minimum Gasteiger partial charge on any atom is -0.461 e. The molecule has 0 aromatic heterocycles. The Morgan fingerprint density at radius 3 is 1.51 bits per heavy atom. The van der Waals surface area contributed by atoms with Gasteiger partial charge >= 0.3 is 11.4 Å². The van der Waals surface area contributed by atoms with Crippen LogP contribution in [0.25, 0.3) is 0 Å². The molecule has 1 fully saturated rings. The highest BCUT2D eigenvalue weighted by atomic mass is 16.6. The third kappa shape index (κ3) is 6.13. The van der Waals surface area contributed by atoms with Crippen LogP contribution in [0.4, 0.5) is 39.8 Å². The number of non-ortho nitro benzene ring substituents is 3. The summed E-state index contributed by atoms with van der Waals surface area (Å²) in [6.45, 7) is 0. The Kier molecular flexibility index (Phi) is 7.89. The Morgan fingerprint density at radius 2 is 1.07 bits per heavy atom. The van der Waals surface area contributed by atoms with E-state index in [-0.39, 0.29) is 34.0 Å². The van der Waals surface area contributed by atoms with E-state index < -0.39 is 59.4 Å². The second kappa shape index (κ2) is 11.7. The van der Waals surface area contributed by atoms with Crippen molar-refractivity contribution in [2.75, 3.05) is 10.9 Å². The molecule has 1 atom stereocenters. The average molecular weight is 594 g/mol. The summed E-state index contributed by atoms with van der Waals surface area (Å²) in [6, 6.07) is 10.2. The number of nitrogens with zero attached hydrogens (tertiary/aromatic N) is 7. The number of benzene rings is 3. The number of hydrazone groups is 2. The van der Waals surface area contributed by atoms with Gasteiger partial charge in [0.25, 0.3) is 17.1 Å². The van der Waals surface area contributed by atoms with E-state index >= 15 is 0 Å². The van der Waals surface area contributed by atoms with E-state index in [0.29, 0.717) is 12.1 Å². The molecule has 218 valence electrons. The zero-order chi connectivity index (χ0) is 31.4. The summed E-state index contributed by atoms with van der Waals surface area (Å²) in [5, 5.41) is 72.5. The molecule has 0 saturated carbocycles. The number of nitro groups is 5. The lowest BCUT2D eigenvalue weighted by atomic mass is 10.0. The third-order valence-electron chi connectivity index (χ3n) is 5.71. The number of hydrogen-bond acceptors (Lipinski definition) is 16. The van der Waals surface area contributed by atoms with E-state index in [1.54, 1.807) is 0 Å². The van der Waals surface area contributed by atoms with Crippen LogP contribution in [0.1, 0.15) is 11.7 Å². The average Bonchev–Trinajstić information content (AvgIpc) is 3.29. The SMILES string of the molecule is N=C1OC(c2ccc([N+](=O)[O-])cc2)C(=NNc2ccc([N+](=O)[O-])cc2[N+](=O)[O-])C1=NNc1ccc([N+](=O)[O-])cc1[N+](=O)[O-]. The number of anilines is 2. The van der Waals surface area contributed by atoms with Crippen molar-refractivity contribution in [1.29, 1.82) is 5.41 Å². The number of hydrogen-bond donors (Lipinski definition) is 3. The lowest BCUT2D eigenvalue weighted by molar-refractivity contribution is -0.393. The van der Waals surface area contributed by atoms with Gasteiger partial charge in [0.1, 0.15) is 17.1 Å². The monoisotopic (exact) mass is 594 g/mol. The van der Waals surface area contributed by atoms with E-state index in [1.807, 2.05) is 0 Å². The molecule has 21 heteroatoms. The Bertz CT molecular complexity index is 1770. The predicted molar refractivity (Wildman–Crippen MR) is 146 cm³/mol. The predicted octanol–water partition coefficient (Wildman–Crippen LogP) is 4.21. The quantitative estimate of drug-likeness (QED) is 0.219. The van der Waals surface area contributed by atoms with Crippen molar-refractivity contribution in [2.45, 2.75) is 6.10 Å². The van der Waals surface area contributed by atoms with Gasteiger partial charge in [-0.15, -0.1) is 0 Å². The summed E-state index contributed by atoms with van der Waals surface area (Å²) >= 11 is 0. The number of rotatable bonds is 10. The van der Waals surface area contributed by atoms with Gasteiger partial charge < -0.3 is 4.74 Å². The molecule has 4 rings (SSSR count). The fraction of sp³-hybridized carbons (Fsp3) is 0.0455. The maximum absolute atomic E-state index is 11.5. The van der Waals surface area contributed by atoms with Crippen LogP contribution in [-0.2, 0) is 4.74 Å². The molecule has 1 aliphatic rings. The standard InChI is InChI=1S/C22H14N10O11/c23-22-20(27-25-16-8-6-14(30(37)38)10-18(16)32(41)42)19(21(43-22)11-1-3-12(4-2-11)28(33)34)26-24-15-7-5-13(29(35)36)9-17(15)31(39)40/h1-10,21,23-25H. The van der Waals surface area contributed by atoms with Crippen molar-refractivity contribution in [3.63, 3.8) is 0 Å². The molecule has 21 nitrogen and oxygen atoms in total. The lowest BCUT2D eigenvalue weighted by Gasteiger charge is -2.11. The van der Waals surface area contributed by atoms with Gasteiger partial charge in [0.2, 0.25) is 5.90 Å². The molecular weight excluding hydrogens is 580 g/mol. The van der Waals surface area contributed by atoms with Crippen molar-refractivity contribution in [2.24, 2.45) is 10.2 Å². The minimum atomic E-state index is -1.27. The molecule has 0 amide bonds.